The van der Waals surface area contributed by atoms with E-state index in [0.29, 0.717) is 0 Å². The molecule has 0 amide bonds. The van der Waals surface area contributed by atoms with Crippen LogP contribution in [0.15, 0.2) is 36.4 Å². The van der Waals surface area contributed by atoms with Crippen molar-refractivity contribution >= 4 is 11.8 Å². The Labute approximate surface area is 179 Å². The predicted octanol–water partition coefficient (Wildman–Crippen LogP) is 4.78. The van der Waals surface area contributed by atoms with E-state index in [9.17, 15) is 18.0 Å². The third kappa shape index (κ3) is 6.32. The molecule has 9 heteroatoms. The van der Waals surface area contributed by atoms with Gasteiger partial charge in [-0.2, -0.15) is 13.2 Å². The lowest BCUT2D eigenvalue weighted by molar-refractivity contribution is -0.143. The lowest BCUT2D eigenvalue weighted by Gasteiger charge is -2.30. The van der Waals surface area contributed by atoms with Gasteiger partial charge in [0.2, 0.25) is 5.88 Å². The summed E-state index contributed by atoms with van der Waals surface area (Å²) in [4.78, 5) is 13.6. The van der Waals surface area contributed by atoms with Gasteiger partial charge in [-0.25, -0.2) is 0 Å². The van der Waals surface area contributed by atoms with Crippen LogP contribution < -0.4 is 9.64 Å². The van der Waals surface area contributed by atoms with Gasteiger partial charge in [-0.1, -0.05) is 43.2 Å². The molecule has 1 saturated carbocycles. The monoisotopic (exact) mass is 437 g/mol. The molecule has 6 nitrogen and oxygen atoms in total. The molecule has 0 N–H and O–H groups in total. The molecule has 0 bridgehead atoms. The highest BCUT2D eigenvalue weighted by molar-refractivity contribution is 5.70. The van der Waals surface area contributed by atoms with Gasteiger partial charge in [-0.05, 0) is 25.3 Å². The van der Waals surface area contributed by atoms with E-state index in [1.54, 1.807) is 36.1 Å². The SMILES string of the molecule is CCOC(=O)CCN(c1cc(C(F)(F)F)c(OCc2ccccc2)nn1)C1CCCC1. The molecule has 0 atom stereocenters. The average Bonchev–Trinajstić information content (AvgIpc) is 3.27. The molecule has 0 spiro atoms. The van der Waals surface area contributed by atoms with Crippen molar-refractivity contribution in [1.29, 1.82) is 0 Å². The van der Waals surface area contributed by atoms with Crippen LogP contribution >= 0.6 is 0 Å². The van der Waals surface area contributed by atoms with Crippen LogP contribution in [0.25, 0.3) is 0 Å². The first-order chi connectivity index (χ1) is 14.9. The fourth-order valence-corrected chi connectivity index (χ4v) is 3.69. The zero-order chi connectivity index (χ0) is 22.3. The van der Waals surface area contributed by atoms with Crippen molar-refractivity contribution in [2.75, 3.05) is 18.1 Å². The van der Waals surface area contributed by atoms with E-state index in [2.05, 4.69) is 10.2 Å². The molecule has 168 valence electrons. The van der Waals surface area contributed by atoms with Crippen molar-refractivity contribution in [3.8, 4) is 5.88 Å². The quantitative estimate of drug-likeness (QED) is 0.527. The molecule has 3 rings (SSSR count). The number of aromatic nitrogens is 2. The van der Waals surface area contributed by atoms with Gasteiger partial charge in [0.05, 0.1) is 13.0 Å². The normalized spacial score (nSPS) is 14.5. The molecule has 1 heterocycles. The largest absolute Gasteiger partial charge is 0.471 e. The number of carbonyl (C=O) groups is 1. The fourth-order valence-electron chi connectivity index (χ4n) is 3.69. The number of anilines is 1. The maximum Gasteiger partial charge on any atom is 0.421 e. The first-order valence-corrected chi connectivity index (χ1v) is 10.4. The second-order valence-corrected chi connectivity index (χ2v) is 7.38. The Morgan fingerprint density at radius 3 is 2.52 bits per heavy atom. The molecular weight excluding hydrogens is 411 g/mol. The Bertz CT molecular complexity index is 856. The second-order valence-electron chi connectivity index (χ2n) is 7.38. The van der Waals surface area contributed by atoms with Crippen LogP contribution in [0.1, 0.15) is 50.2 Å². The zero-order valence-corrected chi connectivity index (χ0v) is 17.4. The van der Waals surface area contributed by atoms with Crippen LogP contribution in [-0.2, 0) is 22.3 Å². The third-order valence-corrected chi connectivity index (χ3v) is 5.19. The van der Waals surface area contributed by atoms with E-state index < -0.39 is 23.6 Å². The zero-order valence-electron chi connectivity index (χ0n) is 17.4. The molecular formula is C22H26F3N3O3. The average molecular weight is 437 g/mol. The number of rotatable bonds is 9. The van der Waals surface area contributed by atoms with Crippen LogP contribution in [0.3, 0.4) is 0 Å². The molecule has 2 aromatic rings. The molecule has 31 heavy (non-hydrogen) atoms. The highest BCUT2D eigenvalue weighted by Crippen LogP contribution is 2.38. The third-order valence-electron chi connectivity index (χ3n) is 5.19. The second kappa shape index (κ2) is 10.5. The van der Waals surface area contributed by atoms with E-state index in [1.807, 2.05) is 6.07 Å². The van der Waals surface area contributed by atoms with Crippen LogP contribution in [0.2, 0.25) is 0 Å². The smallest absolute Gasteiger partial charge is 0.421 e. The molecule has 1 aromatic carbocycles. The molecule has 0 radical (unpaired) electrons. The number of esters is 1. The summed E-state index contributed by atoms with van der Waals surface area (Å²) in [6.07, 6.45) is -0.953. The van der Waals surface area contributed by atoms with E-state index in [-0.39, 0.29) is 38.0 Å². The van der Waals surface area contributed by atoms with Crippen molar-refractivity contribution in [3.05, 3.63) is 47.5 Å². The van der Waals surface area contributed by atoms with Crippen molar-refractivity contribution in [2.24, 2.45) is 0 Å². The molecule has 0 aliphatic heterocycles. The van der Waals surface area contributed by atoms with Crippen molar-refractivity contribution in [2.45, 2.75) is 57.9 Å². The van der Waals surface area contributed by atoms with Crippen LogP contribution in [0.5, 0.6) is 5.88 Å². The standard InChI is InChI=1S/C22H26F3N3O3/c1-2-30-20(29)12-13-28(17-10-6-7-11-17)19-14-18(22(23,24)25)21(27-26-19)31-15-16-8-4-3-5-9-16/h3-5,8-9,14,17H,2,6-7,10-13,15H2,1H3. The van der Waals surface area contributed by atoms with Gasteiger partial charge < -0.3 is 14.4 Å². The predicted molar refractivity (Wildman–Crippen MR) is 109 cm³/mol. The van der Waals surface area contributed by atoms with Gasteiger partial charge in [-0.15, -0.1) is 10.2 Å². The number of benzene rings is 1. The molecule has 0 saturated heterocycles. The van der Waals surface area contributed by atoms with Crippen LogP contribution in [-0.4, -0.2) is 35.4 Å². The maximum absolute atomic E-state index is 13.8. The summed E-state index contributed by atoms with van der Waals surface area (Å²) in [6.45, 7) is 2.14. The van der Waals surface area contributed by atoms with Gasteiger partial charge in [0.1, 0.15) is 12.2 Å². The van der Waals surface area contributed by atoms with E-state index in [4.69, 9.17) is 9.47 Å². The fraction of sp³-hybridized carbons (Fsp3) is 0.500. The summed E-state index contributed by atoms with van der Waals surface area (Å²) in [6, 6.07) is 9.87. The summed E-state index contributed by atoms with van der Waals surface area (Å²) in [5.41, 5.74) is -0.254. The van der Waals surface area contributed by atoms with Gasteiger partial charge in [0.15, 0.2) is 5.82 Å². The number of nitrogens with zero attached hydrogens (tertiary/aromatic N) is 3. The minimum Gasteiger partial charge on any atom is -0.471 e. The van der Waals surface area contributed by atoms with Crippen molar-refractivity contribution in [1.82, 2.24) is 10.2 Å². The Morgan fingerprint density at radius 2 is 1.87 bits per heavy atom. The minimum absolute atomic E-state index is 0.0147. The van der Waals surface area contributed by atoms with Gasteiger partial charge in [-0.3, -0.25) is 4.79 Å². The Hall–Kier alpha value is -2.84. The highest BCUT2D eigenvalue weighted by atomic mass is 19.4. The molecule has 1 aliphatic rings. The van der Waals surface area contributed by atoms with E-state index >= 15 is 0 Å². The lowest BCUT2D eigenvalue weighted by Crippen LogP contribution is -2.36. The van der Waals surface area contributed by atoms with Gasteiger partial charge >= 0.3 is 12.1 Å². The molecule has 1 aromatic heterocycles. The van der Waals surface area contributed by atoms with Crippen LogP contribution in [0.4, 0.5) is 19.0 Å². The minimum atomic E-state index is -4.65. The maximum atomic E-state index is 13.8. The summed E-state index contributed by atoms with van der Waals surface area (Å²) in [7, 11) is 0. The van der Waals surface area contributed by atoms with Gasteiger partial charge in [0.25, 0.3) is 0 Å². The number of ether oxygens (including phenoxy) is 2. The highest BCUT2D eigenvalue weighted by Gasteiger charge is 2.37. The number of alkyl halides is 3. The van der Waals surface area contributed by atoms with Crippen molar-refractivity contribution in [3.63, 3.8) is 0 Å². The van der Waals surface area contributed by atoms with Gasteiger partial charge in [0, 0.05) is 18.7 Å². The summed E-state index contributed by atoms with van der Waals surface area (Å²) >= 11 is 0. The molecule has 0 unspecified atom stereocenters. The van der Waals surface area contributed by atoms with Crippen LogP contribution in [0, 0.1) is 0 Å². The Kier molecular flexibility index (Phi) is 7.70. The van der Waals surface area contributed by atoms with Crippen molar-refractivity contribution < 1.29 is 27.4 Å². The van der Waals surface area contributed by atoms with E-state index in [0.717, 1.165) is 37.3 Å². The number of carbonyl (C=O) groups excluding carboxylic acids is 1. The Morgan fingerprint density at radius 1 is 1.16 bits per heavy atom. The first-order valence-electron chi connectivity index (χ1n) is 10.4. The Balaban J connectivity index is 1.84. The number of hydrogen-bond acceptors (Lipinski definition) is 6. The first kappa shape index (κ1) is 22.8. The summed E-state index contributed by atoms with van der Waals surface area (Å²) in [5.74, 6) is -0.857. The molecule has 1 aliphatic carbocycles. The summed E-state index contributed by atoms with van der Waals surface area (Å²) < 4.78 is 51.6. The number of hydrogen-bond donors (Lipinski definition) is 0. The topological polar surface area (TPSA) is 64.5 Å². The molecule has 1 fully saturated rings. The lowest BCUT2D eigenvalue weighted by atomic mass is 10.2. The van der Waals surface area contributed by atoms with E-state index in [1.165, 1.54) is 0 Å². The summed E-state index contributed by atoms with van der Waals surface area (Å²) in [5, 5.41) is 7.80. The number of halogens is 3.